The lowest BCUT2D eigenvalue weighted by molar-refractivity contribution is -0.110. The van der Waals surface area contributed by atoms with Crippen molar-refractivity contribution in [2.75, 3.05) is 5.32 Å². The maximum atomic E-state index is 12.2. The molecule has 5 nitrogen and oxygen atoms in total. The third-order valence-electron chi connectivity index (χ3n) is 3.72. The van der Waals surface area contributed by atoms with E-state index in [4.69, 9.17) is 0 Å². The standard InChI is InChI=1S/C18H14N4OS2/c1-10-3-6-12(7-4-10)24-18-22-21-17(25-18)20-15-13-9-11(2)5-8-14(13)19-16(15)23/h3-9H,1-2H3,(H,19,20,21,23). The summed E-state index contributed by atoms with van der Waals surface area (Å²) in [6.45, 7) is 4.04. The molecule has 7 heteroatoms. The molecule has 4 rings (SSSR count). The van der Waals surface area contributed by atoms with Crippen LogP contribution >= 0.6 is 23.1 Å². The van der Waals surface area contributed by atoms with Gasteiger partial charge in [-0.3, -0.25) is 4.79 Å². The zero-order valence-corrected chi connectivity index (χ0v) is 15.2. The molecule has 3 aromatic rings. The summed E-state index contributed by atoms with van der Waals surface area (Å²) in [5.41, 5.74) is 4.29. The van der Waals surface area contributed by atoms with E-state index in [1.165, 1.54) is 28.7 Å². The van der Waals surface area contributed by atoms with Gasteiger partial charge in [-0.25, -0.2) is 4.99 Å². The Morgan fingerprint density at radius 1 is 1.04 bits per heavy atom. The molecule has 0 spiro atoms. The first-order valence-electron chi connectivity index (χ1n) is 7.67. The number of carbonyl (C=O) groups excluding carboxylic acids is 1. The van der Waals surface area contributed by atoms with E-state index in [1.807, 2.05) is 25.1 Å². The van der Waals surface area contributed by atoms with Crippen molar-refractivity contribution < 1.29 is 4.79 Å². The number of benzene rings is 2. The van der Waals surface area contributed by atoms with E-state index in [0.717, 1.165) is 26.0 Å². The first kappa shape index (κ1) is 16.0. The third kappa shape index (κ3) is 3.33. The molecule has 0 saturated carbocycles. The molecule has 0 fully saturated rings. The highest BCUT2D eigenvalue weighted by Gasteiger charge is 2.26. The molecule has 1 aliphatic rings. The summed E-state index contributed by atoms with van der Waals surface area (Å²) in [6.07, 6.45) is 0. The Morgan fingerprint density at radius 2 is 1.80 bits per heavy atom. The first-order chi connectivity index (χ1) is 12.1. The minimum absolute atomic E-state index is 0.205. The molecular formula is C18H14N4OS2. The average Bonchev–Trinajstić information content (AvgIpc) is 3.15. The monoisotopic (exact) mass is 366 g/mol. The summed E-state index contributed by atoms with van der Waals surface area (Å²) in [5.74, 6) is -0.205. The Hall–Kier alpha value is -2.51. The highest BCUT2D eigenvalue weighted by Crippen LogP contribution is 2.34. The Balaban J connectivity index is 1.61. The molecule has 0 bridgehead atoms. The van der Waals surface area contributed by atoms with Gasteiger partial charge in [0.2, 0.25) is 5.13 Å². The van der Waals surface area contributed by atoms with Crippen LogP contribution in [0.15, 0.2) is 56.7 Å². The summed E-state index contributed by atoms with van der Waals surface area (Å²) in [4.78, 5) is 17.7. The lowest BCUT2D eigenvalue weighted by Crippen LogP contribution is -2.13. The van der Waals surface area contributed by atoms with Gasteiger partial charge in [-0.2, -0.15) is 0 Å². The molecule has 0 saturated heterocycles. The largest absolute Gasteiger partial charge is 0.320 e. The number of nitrogens with one attached hydrogen (secondary N) is 1. The number of nitrogens with zero attached hydrogens (tertiary/aromatic N) is 3. The topological polar surface area (TPSA) is 67.2 Å². The molecule has 2 aromatic carbocycles. The van der Waals surface area contributed by atoms with Gasteiger partial charge in [0.25, 0.3) is 5.91 Å². The lowest BCUT2D eigenvalue weighted by Gasteiger charge is -1.98. The van der Waals surface area contributed by atoms with Crippen LogP contribution < -0.4 is 5.32 Å². The predicted octanol–water partition coefficient (Wildman–Crippen LogP) is 4.38. The highest BCUT2D eigenvalue weighted by molar-refractivity contribution is 8.01. The van der Waals surface area contributed by atoms with Crippen LogP contribution in [0.3, 0.4) is 0 Å². The molecule has 0 radical (unpaired) electrons. The second kappa shape index (κ2) is 6.42. The van der Waals surface area contributed by atoms with Crippen molar-refractivity contribution in [1.29, 1.82) is 0 Å². The Bertz CT molecular complexity index is 993. The molecule has 1 N–H and O–H groups in total. The van der Waals surface area contributed by atoms with E-state index in [0.29, 0.717) is 10.8 Å². The van der Waals surface area contributed by atoms with Crippen LogP contribution in [-0.2, 0) is 4.79 Å². The van der Waals surface area contributed by atoms with Gasteiger partial charge < -0.3 is 5.32 Å². The van der Waals surface area contributed by atoms with Crippen LogP contribution in [0.5, 0.6) is 0 Å². The van der Waals surface area contributed by atoms with E-state index in [1.54, 1.807) is 0 Å². The number of amides is 1. The van der Waals surface area contributed by atoms with Crippen molar-refractivity contribution in [1.82, 2.24) is 10.2 Å². The predicted molar refractivity (Wildman–Crippen MR) is 101 cm³/mol. The van der Waals surface area contributed by atoms with E-state index in [9.17, 15) is 4.79 Å². The van der Waals surface area contributed by atoms with Crippen LogP contribution in [0.4, 0.5) is 10.8 Å². The minimum atomic E-state index is -0.205. The zero-order valence-electron chi connectivity index (χ0n) is 13.6. The smallest absolute Gasteiger partial charge is 0.275 e. The van der Waals surface area contributed by atoms with Crippen molar-refractivity contribution in [2.24, 2.45) is 4.99 Å². The van der Waals surface area contributed by atoms with E-state index in [2.05, 4.69) is 51.7 Å². The van der Waals surface area contributed by atoms with E-state index >= 15 is 0 Å². The molecule has 2 heterocycles. The lowest BCUT2D eigenvalue weighted by atomic mass is 10.1. The summed E-state index contributed by atoms with van der Waals surface area (Å²) in [6, 6.07) is 14.0. The molecule has 1 amide bonds. The van der Waals surface area contributed by atoms with E-state index in [-0.39, 0.29) is 5.91 Å². The van der Waals surface area contributed by atoms with Crippen LogP contribution in [0.2, 0.25) is 0 Å². The second-order valence-corrected chi connectivity index (χ2v) is 8.01. The Kier molecular flexibility index (Phi) is 4.10. The summed E-state index contributed by atoms with van der Waals surface area (Å²) < 4.78 is 0.797. The highest BCUT2D eigenvalue weighted by atomic mass is 32.2. The SMILES string of the molecule is Cc1ccc(Sc2nnc(/N=C3\C(=O)Nc4ccc(C)cc43)s2)cc1. The summed E-state index contributed by atoms with van der Waals surface area (Å²) >= 11 is 2.91. The van der Waals surface area contributed by atoms with Gasteiger partial charge in [-0.05, 0) is 38.1 Å². The number of aliphatic imine (C=N–C) groups is 1. The van der Waals surface area contributed by atoms with Gasteiger partial charge in [-0.15, -0.1) is 10.2 Å². The fourth-order valence-corrected chi connectivity index (χ4v) is 4.16. The van der Waals surface area contributed by atoms with Gasteiger partial charge in [-0.1, -0.05) is 52.4 Å². The molecule has 1 aromatic heterocycles. The number of aromatic nitrogens is 2. The average molecular weight is 366 g/mol. The normalized spacial score (nSPS) is 14.6. The number of fused-ring (bicyclic) bond motifs is 1. The molecule has 0 aliphatic carbocycles. The number of hydrogen-bond acceptors (Lipinski definition) is 6. The number of carbonyl (C=O) groups is 1. The maximum absolute atomic E-state index is 12.2. The van der Waals surface area contributed by atoms with Gasteiger partial charge in [0.15, 0.2) is 4.34 Å². The number of hydrogen-bond donors (Lipinski definition) is 1. The summed E-state index contributed by atoms with van der Waals surface area (Å²) in [5, 5.41) is 11.6. The van der Waals surface area contributed by atoms with E-state index < -0.39 is 0 Å². The van der Waals surface area contributed by atoms with Crippen LogP contribution in [0, 0.1) is 13.8 Å². The van der Waals surface area contributed by atoms with Crippen molar-refractivity contribution in [3.63, 3.8) is 0 Å². The summed E-state index contributed by atoms with van der Waals surface area (Å²) in [7, 11) is 0. The van der Waals surface area contributed by atoms with Gasteiger partial charge in [0.1, 0.15) is 5.71 Å². The second-order valence-electron chi connectivity index (χ2n) is 5.73. The zero-order chi connectivity index (χ0) is 17.4. The van der Waals surface area contributed by atoms with Crippen LogP contribution in [0.1, 0.15) is 16.7 Å². The number of aryl methyl sites for hydroxylation is 2. The van der Waals surface area contributed by atoms with Crippen LogP contribution in [-0.4, -0.2) is 21.8 Å². The molecular weight excluding hydrogens is 352 g/mol. The number of anilines is 1. The van der Waals surface area contributed by atoms with Crippen molar-refractivity contribution in [2.45, 2.75) is 23.1 Å². The molecule has 25 heavy (non-hydrogen) atoms. The molecule has 0 unspecified atom stereocenters. The van der Waals surface area contributed by atoms with Gasteiger partial charge in [0.05, 0.1) is 5.69 Å². The van der Waals surface area contributed by atoms with Crippen LogP contribution in [0.25, 0.3) is 0 Å². The third-order valence-corrected chi connectivity index (χ3v) is 5.60. The van der Waals surface area contributed by atoms with Crippen molar-refractivity contribution in [3.8, 4) is 0 Å². The van der Waals surface area contributed by atoms with Gasteiger partial charge in [0, 0.05) is 10.5 Å². The minimum Gasteiger partial charge on any atom is -0.320 e. The quantitative estimate of drug-likeness (QED) is 0.747. The fourth-order valence-electron chi connectivity index (χ4n) is 2.47. The van der Waals surface area contributed by atoms with Gasteiger partial charge >= 0.3 is 0 Å². The fraction of sp³-hybridized carbons (Fsp3) is 0.111. The Morgan fingerprint density at radius 3 is 2.60 bits per heavy atom. The first-order valence-corrected chi connectivity index (χ1v) is 9.31. The maximum Gasteiger partial charge on any atom is 0.275 e. The van der Waals surface area contributed by atoms with Crippen molar-refractivity contribution in [3.05, 3.63) is 59.2 Å². The molecule has 1 aliphatic heterocycles. The Labute approximate surface area is 153 Å². The number of rotatable bonds is 3. The molecule has 124 valence electrons. The molecule has 0 atom stereocenters. The van der Waals surface area contributed by atoms with Crippen molar-refractivity contribution >= 4 is 45.5 Å².